The third-order valence-corrected chi connectivity index (χ3v) is 3.08. The highest BCUT2D eigenvalue weighted by molar-refractivity contribution is 4.96. The lowest BCUT2D eigenvalue weighted by atomic mass is 10.2. The summed E-state index contributed by atoms with van der Waals surface area (Å²) in [6, 6.07) is 0. The molecule has 12 heavy (non-hydrogen) atoms. The average Bonchev–Trinajstić information content (AvgIpc) is 2.72. The maximum absolute atomic E-state index is 5.53. The lowest BCUT2D eigenvalue weighted by Crippen LogP contribution is -2.33. The molecule has 0 aromatic carbocycles. The van der Waals surface area contributed by atoms with Crippen LogP contribution in [0.15, 0.2) is 0 Å². The highest BCUT2D eigenvalue weighted by Gasteiger charge is 2.52. The summed E-state index contributed by atoms with van der Waals surface area (Å²) in [6.07, 6.45) is 6.65. The molecule has 0 aliphatic carbocycles. The van der Waals surface area contributed by atoms with Gasteiger partial charge in [0.05, 0.1) is 6.61 Å². The van der Waals surface area contributed by atoms with Crippen LogP contribution in [-0.2, 0) is 4.74 Å². The number of likely N-dealkylation sites (tertiary alicyclic amines) is 1. The topological polar surface area (TPSA) is 15.8 Å². The van der Waals surface area contributed by atoms with E-state index in [9.17, 15) is 0 Å². The van der Waals surface area contributed by atoms with Crippen molar-refractivity contribution < 1.29 is 4.74 Å². The van der Waals surface area contributed by atoms with Crippen LogP contribution < -0.4 is 0 Å². The second-order valence-electron chi connectivity index (χ2n) is 4.03. The second kappa shape index (κ2) is 3.35. The fourth-order valence-electron chi connectivity index (χ4n) is 2.19. The van der Waals surface area contributed by atoms with Crippen LogP contribution in [0.1, 0.15) is 39.0 Å². The summed E-state index contributed by atoms with van der Waals surface area (Å²) in [5.41, 5.74) is 0.244. The number of hydrogen-bond acceptors (Lipinski definition) is 2. The van der Waals surface area contributed by atoms with Gasteiger partial charge >= 0.3 is 0 Å². The largest absolute Gasteiger partial charge is 0.353 e. The van der Waals surface area contributed by atoms with Gasteiger partial charge in [-0.1, -0.05) is 19.8 Å². The highest BCUT2D eigenvalue weighted by atomic mass is 16.6. The number of hydrogen-bond donors (Lipinski definition) is 0. The van der Waals surface area contributed by atoms with Gasteiger partial charge in [-0.3, -0.25) is 4.90 Å². The Bertz CT molecular complexity index is 154. The SMILES string of the molecule is CCCCCN1CCCC12CO2. The minimum atomic E-state index is 0.244. The normalized spacial score (nSPS) is 34.8. The molecule has 0 aromatic rings. The van der Waals surface area contributed by atoms with E-state index in [1.165, 1.54) is 45.2 Å². The molecule has 0 aromatic heterocycles. The van der Waals surface area contributed by atoms with Gasteiger partial charge in [0.2, 0.25) is 0 Å². The van der Waals surface area contributed by atoms with Crippen LogP contribution in [0.4, 0.5) is 0 Å². The molecular formula is C10H19NO. The summed E-state index contributed by atoms with van der Waals surface area (Å²) >= 11 is 0. The first-order chi connectivity index (χ1) is 5.87. The number of rotatable bonds is 4. The van der Waals surface area contributed by atoms with Gasteiger partial charge in [0, 0.05) is 13.1 Å². The van der Waals surface area contributed by atoms with Gasteiger partial charge in [0.15, 0.2) is 0 Å². The molecule has 2 heterocycles. The number of ether oxygens (including phenoxy) is 1. The number of epoxide rings is 1. The third kappa shape index (κ3) is 1.50. The smallest absolute Gasteiger partial charge is 0.145 e. The fourth-order valence-corrected chi connectivity index (χ4v) is 2.19. The molecule has 2 rings (SSSR count). The van der Waals surface area contributed by atoms with E-state index in [1.807, 2.05) is 0 Å². The van der Waals surface area contributed by atoms with Crippen LogP contribution in [0.25, 0.3) is 0 Å². The van der Waals surface area contributed by atoms with Crippen LogP contribution in [0.3, 0.4) is 0 Å². The summed E-state index contributed by atoms with van der Waals surface area (Å²) in [5, 5.41) is 0. The van der Waals surface area contributed by atoms with Crippen molar-refractivity contribution in [3.8, 4) is 0 Å². The molecule has 0 radical (unpaired) electrons. The van der Waals surface area contributed by atoms with E-state index in [2.05, 4.69) is 11.8 Å². The van der Waals surface area contributed by atoms with Crippen molar-refractivity contribution in [1.82, 2.24) is 4.90 Å². The predicted molar refractivity (Wildman–Crippen MR) is 49.0 cm³/mol. The standard InChI is InChI=1S/C10H19NO/c1-2-3-4-7-11-8-5-6-10(11)9-12-10/h2-9H2,1H3. The Kier molecular flexibility index (Phi) is 2.37. The molecule has 1 spiro atoms. The molecule has 2 fully saturated rings. The zero-order chi connectivity index (χ0) is 8.44. The lowest BCUT2D eigenvalue weighted by molar-refractivity contribution is 0.119. The zero-order valence-corrected chi connectivity index (χ0v) is 8.01. The number of unbranched alkanes of at least 4 members (excludes halogenated alkanes) is 2. The van der Waals surface area contributed by atoms with Crippen molar-refractivity contribution in [2.45, 2.75) is 44.8 Å². The molecule has 1 unspecified atom stereocenters. The Morgan fingerprint density at radius 2 is 2.25 bits per heavy atom. The Balaban J connectivity index is 1.73. The maximum Gasteiger partial charge on any atom is 0.145 e. The van der Waals surface area contributed by atoms with Gasteiger partial charge in [-0.15, -0.1) is 0 Å². The number of nitrogens with zero attached hydrogens (tertiary/aromatic N) is 1. The summed E-state index contributed by atoms with van der Waals surface area (Å²) in [4.78, 5) is 2.54. The molecule has 1 atom stereocenters. The zero-order valence-electron chi connectivity index (χ0n) is 8.01. The molecule has 0 saturated carbocycles. The van der Waals surface area contributed by atoms with Crippen molar-refractivity contribution >= 4 is 0 Å². The monoisotopic (exact) mass is 169 g/mol. The minimum Gasteiger partial charge on any atom is -0.353 e. The van der Waals surface area contributed by atoms with Crippen LogP contribution in [-0.4, -0.2) is 30.3 Å². The summed E-state index contributed by atoms with van der Waals surface area (Å²) in [7, 11) is 0. The van der Waals surface area contributed by atoms with E-state index in [-0.39, 0.29) is 5.72 Å². The molecule has 2 heteroatoms. The molecule has 2 saturated heterocycles. The van der Waals surface area contributed by atoms with Crippen molar-refractivity contribution in [2.75, 3.05) is 19.7 Å². The molecule has 2 nitrogen and oxygen atoms in total. The predicted octanol–water partition coefficient (Wildman–Crippen LogP) is 2.00. The first-order valence-corrected chi connectivity index (χ1v) is 5.26. The van der Waals surface area contributed by atoms with Gasteiger partial charge in [-0.05, 0) is 19.3 Å². The van der Waals surface area contributed by atoms with Crippen molar-refractivity contribution in [1.29, 1.82) is 0 Å². The van der Waals surface area contributed by atoms with Gasteiger partial charge in [0.1, 0.15) is 5.72 Å². The van der Waals surface area contributed by atoms with Gasteiger partial charge in [-0.2, -0.15) is 0 Å². The molecule has 2 aliphatic rings. The van der Waals surface area contributed by atoms with E-state index in [0.29, 0.717) is 0 Å². The van der Waals surface area contributed by atoms with E-state index in [4.69, 9.17) is 4.74 Å². The van der Waals surface area contributed by atoms with Crippen molar-refractivity contribution in [2.24, 2.45) is 0 Å². The fraction of sp³-hybridized carbons (Fsp3) is 1.00. The molecule has 0 amide bonds. The summed E-state index contributed by atoms with van der Waals surface area (Å²) in [5.74, 6) is 0. The molecule has 0 bridgehead atoms. The Morgan fingerprint density at radius 3 is 2.92 bits per heavy atom. The highest BCUT2D eigenvalue weighted by Crippen LogP contribution is 2.41. The van der Waals surface area contributed by atoms with Crippen LogP contribution in [0, 0.1) is 0 Å². The molecule has 2 aliphatic heterocycles. The summed E-state index contributed by atoms with van der Waals surface area (Å²) < 4.78 is 5.53. The average molecular weight is 169 g/mol. The first kappa shape index (κ1) is 8.52. The van der Waals surface area contributed by atoms with E-state index < -0.39 is 0 Å². The van der Waals surface area contributed by atoms with Crippen LogP contribution >= 0.6 is 0 Å². The second-order valence-corrected chi connectivity index (χ2v) is 4.03. The maximum atomic E-state index is 5.53. The molecule has 0 N–H and O–H groups in total. The molecular weight excluding hydrogens is 150 g/mol. The van der Waals surface area contributed by atoms with Gasteiger partial charge in [0.25, 0.3) is 0 Å². The van der Waals surface area contributed by atoms with Crippen molar-refractivity contribution in [3.63, 3.8) is 0 Å². The van der Waals surface area contributed by atoms with Gasteiger partial charge in [-0.25, -0.2) is 0 Å². The first-order valence-electron chi connectivity index (χ1n) is 5.26. The lowest BCUT2D eigenvalue weighted by Gasteiger charge is -2.20. The van der Waals surface area contributed by atoms with E-state index in [1.54, 1.807) is 0 Å². The van der Waals surface area contributed by atoms with Crippen LogP contribution in [0.2, 0.25) is 0 Å². The van der Waals surface area contributed by atoms with E-state index in [0.717, 1.165) is 6.61 Å². The minimum absolute atomic E-state index is 0.244. The van der Waals surface area contributed by atoms with Crippen molar-refractivity contribution in [3.05, 3.63) is 0 Å². The Morgan fingerprint density at radius 1 is 1.42 bits per heavy atom. The van der Waals surface area contributed by atoms with Gasteiger partial charge < -0.3 is 4.74 Å². The van der Waals surface area contributed by atoms with Crippen LogP contribution in [0.5, 0.6) is 0 Å². The quantitative estimate of drug-likeness (QED) is 0.472. The van der Waals surface area contributed by atoms with E-state index >= 15 is 0 Å². The molecule has 70 valence electrons. The third-order valence-electron chi connectivity index (χ3n) is 3.08. The Labute approximate surface area is 74.9 Å². The Hall–Kier alpha value is -0.0800. The summed E-state index contributed by atoms with van der Waals surface area (Å²) in [6.45, 7) is 5.78.